The molecule has 0 bridgehead atoms. The lowest BCUT2D eigenvalue weighted by atomic mass is 10.2. The van der Waals surface area contributed by atoms with Gasteiger partial charge in [0.15, 0.2) is 4.60 Å². The van der Waals surface area contributed by atoms with E-state index in [-0.39, 0.29) is 5.78 Å². The highest BCUT2D eigenvalue weighted by atomic mass is 79.9. The molecular formula is C9H8BrN3OS. The number of rotatable bonds is 2. The molecule has 0 saturated heterocycles. The zero-order valence-corrected chi connectivity index (χ0v) is 10.6. The first-order valence-corrected chi connectivity index (χ1v) is 5.87. The molecule has 0 N–H and O–H groups in total. The van der Waals surface area contributed by atoms with Gasteiger partial charge in [-0.3, -0.25) is 4.79 Å². The van der Waals surface area contributed by atoms with Crippen molar-refractivity contribution in [1.82, 2.24) is 15.0 Å². The predicted octanol–water partition coefficient (Wildman–Crippen LogP) is 2.18. The third kappa shape index (κ3) is 1.87. The maximum Gasteiger partial charge on any atom is 0.223 e. The number of nitrogens with zero attached hydrogens (tertiary/aromatic N) is 3. The largest absolute Gasteiger partial charge is 0.286 e. The van der Waals surface area contributed by atoms with Gasteiger partial charge in [-0.15, -0.1) is 16.4 Å². The molecule has 6 heteroatoms. The first-order valence-electron chi connectivity index (χ1n) is 4.26. The molecule has 2 aromatic rings. The molecule has 15 heavy (non-hydrogen) atoms. The number of aryl methyl sites for hydroxylation is 2. The van der Waals surface area contributed by atoms with Crippen LogP contribution in [0.4, 0.5) is 0 Å². The van der Waals surface area contributed by atoms with E-state index in [0.29, 0.717) is 15.2 Å². The number of halogens is 1. The van der Waals surface area contributed by atoms with Crippen molar-refractivity contribution in [2.75, 3.05) is 0 Å². The van der Waals surface area contributed by atoms with E-state index in [1.54, 1.807) is 7.05 Å². The number of ketones is 1. The monoisotopic (exact) mass is 285 g/mol. The highest BCUT2D eigenvalue weighted by Gasteiger charge is 2.19. The minimum atomic E-state index is -0.0486. The zero-order valence-electron chi connectivity index (χ0n) is 8.19. The van der Waals surface area contributed by atoms with E-state index in [2.05, 4.69) is 26.2 Å². The fourth-order valence-corrected chi connectivity index (χ4v) is 2.56. The van der Waals surface area contributed by atoms with Gasteiger partial charge in [0.1, 0.15) is 5.69 Å². The maximum atomic E-state index is 12.0. The van der Waals surface area contributed by atoms with E-state index in [0.717, 1.165) is 4.88 Å². The number of hydrogen-bond acceptors (Lipinski definition) is 4. The normalized spacial score (nSPS) is 10.6. The number of carbonyl (C=O) groups is 1. The summed E-state index contributed by atoms with van der Waals surface area (Å²) in [7, 11) is 1.70. The summed E-state index contributed by atoms with van der Waals surface area (Å²) in [6, 6.07) is 3.75. The highest BCUT2D eigenvalue weighted by Crippen LogP contribution is 2.22. The molecule has 0 aliphatic carbocycles. The molecule has 78 valence electrons. The Morgan fingerprint density at radius 3 is 2.73 bits per heavy atom. The van der Waals surface area contributed by atoms with Gasteiger partial charge in [0.25, 0.3) is 0 Å². The van der Waals surface area contributed by atoms with Crippen LogP contribution in [-0.4, -0.2) is 20.8 Å². The summed E-state index contributed by atoms with van der Waals surface area (Å²) in [5.74, 6) is -0.0486. The summed E-state index contributed by atoms with van der Waals surface area (Å²) in [6.45, 7) is 1.97. The Balaban J connectivity index is 2.45. The van der Waals surface area contributed by atoms with Gasteiger partial charge in [0.05, 0.1) is 4.88 Å². The average Bonchev–Trinajstić information content (AvgIpc) is 2.73. The van der Waals surface area contributed by atoms with Crippen molar-refractivity contribution >= 4 is 33.0 Å². The number of thiophene rings is 1. The molecule has 0 radical (unpaired) electrons. The van der Waals surface area contributed by atoms with Crippen LogP contribution in [-0.2, 0) is 7.05 Å². The van der Waals surface area contributed by atoms with Crippen molar-refractivity contribution in [2.24, 2.45) is 7.05 Å². The Kier molecular flexibility index (Phi) is 2.70. The standard InChI is InChI=1S/C9H8BrN3OS/c1-5-3-4-6(15-5)8(14)7-9(10)11-12-13(7)2/h3-4H,1-2H3. The molecular weight excluding hydrogens is 278 g/mol. The van der Waals surface area contributed by atoms with E-state index < -0.39 is 0 Å². The lowest BCUT2D eigenvalue weighted by Crippen LogP contribution is -2.07. The molecule has 0 spiro atoms. The van der Waals surface area contributed by atoms with Crippen LogP contribution in [0.5, 0.6) is 0 Å². The Morgan fingerprint density at radius 2 is 2.27 bits per heavy atom. The van der Waals surface area contributed by atoms with Gasteiger partial charge in [0, 0.05) is 11.9 Å². The quantitative estimate of drug-likeness (QED) is 0.795. The van der Waals surface area contributed by atoms with Gasteiger partial charge in [-0.25, -0.2) is 4.68 Å². The summed E-state index contributed by atoms with van der Waals surface area (Å²) >= 11 is 4.68. The van der Waals surface area contributed by atoms with E-state index in [1.165, 1.54) is 16.0 Å². The predicted molar refractivity (Wildman–Crippen MR) is 61.2 cm³/mol. The van der Waals surface area contributed by atoms with Crippen molar-refractivity contribution in [3.05, 3.63) is 32.2 Å². The minimum absolute atomic E-state index is 0.0486. The van der Waals surface area contributed by atoms with Crippen LogP contribution in [0, 0.1) is 6.92 Å². The number of hydrogen-bond donors (Lipinski definition) is 0. The minimum Gasteiger partial charge on any atom is -0.286 e. The first-order chi connectivity index (χ1) is 7.09. The molecule has 0 amide bonds. The summed E-state index contributed by atoms with van der Waals surface area (Å²) in [4.78, 5) is 13.9. The molecule has 2 rings (SSSR count). The summed E-state index contributed by atoms with van der Waals surface area (Å²) in [5, 5.41) is 7.56. The number of carbonyl (C=O) groups excluding carboxylic acids is 1. The van der Waals surface area contributed by atoms with E-state index in [9.17, 15) is 4.79 Å². The molecule has 0 fully saturated rings. The maximum absolute atomic E-state index is 12.0. The second-order valence-electron chi connectivity index (χ2n) is 3.09. The Labute approximate surface area is 99.0 Å². The third-order valence-electron chi connectivity index (χ3n) is 1.96. The summed E-state index contributed by atoms with van der Waals surface area (Å²) in [6.07, 6.45) is 0. The van der Waals surface area contributed by atoms with Gasteiger partial charge >= 0.3 is 0 Å². The van der Waals surface area contributed by atoms with Crippen molar-refractivity contribution in [3.8, 4) is 0 Å². The van der Waals surface area contributed by atoms with Crippen LogP contribution in [0.15, 0.2) is 16.7 Å². The SMILES string of the molecule is Cc1ccc(C(=O)c2c(Br)nnn2C)s1. The second-order valence-corrected chi connectivity index (χ2v) is 5.13. The molecule has 2 heterocycles. The van der Waals surface area contributed by atoms with Gasteiger partial charge in [-0.05, 0) is 35.0 Å². The molecule has 2 aromatic heterocycles. The van der Waals surface area contributed by atoms with Crippen molar-refractivity contribution in [2.45, 2.75) is 6.92 Å². The molecule has 4 nitrogen and oxygen atoms in total. The summed E-state index contributed by atoms with van der Waals surface area (Å²) < 4.78 is 1.96. The van der Waals surface area contributed by atoms with Crippen LogP contribution in [0.1, 0.15) is 20.2 Å². The van der Waals surface area contributed by atoms with E-state index in [4.69, 9.17) is 0 Å². The molecule has 0 saturated carbocycles. The fourth-order valence-electron chi connectivity index (χ4n) is 1.25. The van der Waals surface area contributed by atoms with Crippen LogP contribution >= 0.6 is 27.3 Å². The van der Waals surface area contributed by atoms with Gasteiger partial charge < -0.3 is 0 Å². The lowest BCUT2D eigenvalue weighted by Gasteiger charge is -1.97. The van der Waals surface area contributed by atoms with Crippen LogP contribution in [0.25, 0.3) is 0 Å². The Morgan fingerprint density at radius 1 is 1.53 bits per heavy atom. The summed E-state index contributed by atoms with van der Waals surface area (Å²) in [5.41, 5.74) is 0.483. The number of aromatic nitrogens is 3. The van der Waals surface area contributed by atoms with Crippen molar-refractivity contribution < 1.29 is 4.79 Å². The topological polar surface area (TPSA) is 47.8 Å². The third-order valence-corrected chi connectivity index (χ3v) is 3.50. The average molecular weight is 286 g/mol. The smallest absolute Gasteiger partial charge is 0.223 e. The van der Waals surface area contributed by atoms with E-state index in [1.807, 2.05) is 19.1 Å². The van der Waals surface area contributed by atoms with Gasteiger partial charge in [-0.2, -0.15) is 0 Å². The van der Waals surface area contributed by atoms with Crippen molar-refractivity contribution in [3.63, 3.8) is 0 Å². The van der Waals surface area contributed by atoms with Gasteiger partial charge in [-0.1, -0.05) is 5.21 Å². The van der Waals surface area contributed by atoms with Gasteiger partial charge in [0.2, 0.25) is 5.78 Å². The first kappa shape index (κ1) is 10.5. The highest BCUT2D eigenvalue weighted by molar-refractivity contribution is 9.10. The zero-order chi connectivity index (χ0) is 11.0. The molecule has 0 unspecified atom stereocenters. The molecule has 0 aromatic carbocycles. The lowest BCUT2D eigenvalue weighted by molar-refractivity contribution is 0.103. The second kappa shape index (κ2) is 3.86. The Hall–Kier alpha value is -1.01. The molecule has 0 aliphatic rings. The van der Waals surface area contributed by atoms with Crippen molar-refractivity contribution in [1.29, 1.82) is 0 Å². The van der Waals surface area contributed by atoms with Crippen LogP contribution < -0.4 is 0 Å². The van der Waals surface area contributed by atoms with Crippen LogP contribution in [0.2, 0.25) is 0 Å². The molecule has 0 atom stereocenters. The fraction of sp³-hybridized carbons (Fsp3) is 0.222. The molecule has 0 aliphatic heterocycles. The van der Waals surface area contributed by atoms with E-state index >= 15 is 0 Å². The van der Waals surface area contributed by atoms with Crippen LogP contribution in [0.3, 0.4) is 0 Å². The Bertz CT molecular complexity index is 498.